The van der Waals surface area contributed by atoms with E-state index in [1.807, 2.05) is 18.2 Å². The van der Waals surface area contributed by atoms with Crippen molar-refractivity contribution in [3.05, 3.63) is 48.2 Å². The topological polar surface area (TPSA) is 79.5 Å². The number of rotatable bonds is 8. The minimum atomic E-state index is -0.114. The minimum Gasteiger partial charge on any atom is -0.493 e. The van der Waals surface area contributed by atoms with Crippen molar-refractivity contribution in [2.45, 2.75) is 6.54 Å². The van der Waals surface area contributed by atoms with E-state index in [0.717, 1.165) is 5.56 Å². The Hall–Kier alpha value is -2.96. The smallest absolute Gasteiger partial charge is 0.258 e. The number of methoxy groups -OCH3 is 1. The Morgan fingerprint density at radius 1 is 1.42 bits per heavy atom. The second kappa shape index (κ2) is 8.05. The molecule has 1 aromatic heterocycles. The molecule has 0 saturated carbocycles. The molecular formula is C17H22N4O3. The van der Waals surface area contributed by atoms with Crippen LogP contribution < -0.4 is 14.8 Å². The first-order chi connectivity index (χ1) is 11.6. The third-order valence-corrected chi connectivity index (χ3v) is 3.33. The van der Waals surface area contributed by atoms with Gasteiger partial charge in [-0.2, -0.15) is 5.10 Å². The Labute approximate surface area is 141 Å². The molecule has 24 heavy (non-hydrogen) atoms. The summed E-state index contributed by atoms with van der Waals surface area (Å²) >= 11 is 0. The summed E-state index contributed by atoms with van der Waals surface area (Å²) in [5.41, 5.74) is 1.48. The average Bonchev–Trinajstić information content (AvgIpc) is 3.05. The number of H-pyrrole nitrogens is 1. The zero-order chi connectivity index (χ0) is 17.5. The monoisotopic (exact) mass is 330 g/mol. The molecule has 2 rings (SSSR count). The van der Waals surface area contributed by atoms with Crippen molar-refractivity contribution in [2.24, 2.45) is 0 Å². The Morgan fingerprint density at radius 2 is 2.21 bits per heavy atom. The molecule has 7 heteroatoms. The molecule has 2 N–H and O–H groups in total. The molecule has 128 valence electrons. The van der Waals surface area contributed by atoms with Crippen LogP contribution >= 0.6 is 0 Å². The lowest BCUT2D eigenvalue weighted by Gasteiger charge is -2.13. The van der Waals surface area contributed by atoms with Crippen LogP contribution in [0.15, 0.2) is 37.1 Å². The highest BCUT2D eigenvalue weighted by atomic mass is 16.5. The van der Waals surface area contributed by atoms with Crippen LogP contribution in [-0.2, 0) is 6.54 Å². The van der Waals surface area contributed by atoms with E-state index < -0.39 is 0 Å². The molecule has 1 amide bonds. The number of amides is 1. The Balaban J connectivity index is 2.09. The molecule has 2 aromatic rings. The van der Waals surface area contributed by atoms with Gasteiger partial charge in [-0.3, -0.25) is 9.89 Å². The fourth-order valence-corrected chi connectivity index (χ4v) is 2.10. The van der Waals surface area contributed by atoms with Gasteiger partial charge in [0.05, 0.1) is 13.3 Å². The van der Waals surface area contributed by atoms with Crippen molar-refractivity contribution in [2.75, 3.05) is 33.1 Å². The first-order valence-corrected chi connectivity index (χ1v) is 7.46. The molecule has 0 unspecified atom stereocenters. The lowest BCUT2D eigenvalue weighted by molar-refractivity contribution is 0.0828. The molecule has 0 atom stereocenters. The highest BCUT2D eigenvalue weighted by Crippen LogP contribution is 2.28. The van der Waals surface area contributed by atoms with Crippen molar-refractivity contribution in [1.82, 2.24) is 15.1 Å². The molecule has 0 saturated heterocycles. The van der Waals surface area contributed by atoms with Crippen LogP contribution in [0.1, 0.15) is 15.9 Å². The highest BCUT2D eigenvalue weighted by Gasteiger charge is 2.15. The lowest BCUT2D eigenvalue weighted by Crippen LogP contribution is -2.22. The van der Waals surface area contributed by atoms with Crippen molar-refractivity contribution in [1.29, 1.82) is 0 Å². The van der Waals surface area contributed by atoms with E-state index in [9.17, 15) is 4.79 Å². The molecule has 7 nitrogen and oxygen atoms in total. The van der Waals surface area contributed by atoms with E-state index in [4.69, 9.17) is 9.47 Å². The van der Waals surface area contributed by atoms with Crippen molar-refractivity contribution in [3.63, 3.8) is 0 Å². The van der Waals surface area contributed by atoms with Crippen molar-refractivity contribution < 1.29 is 14.3 Å². The zero-order valence-electron chi connectivity index (χ0n) is 14.1. The molecule has 1 heterocycles. The summed E-state index contributed by atoms with van der Waals surface area (Å²) in [6, 6.07) is 5.66. The number of benzene rings is 1. The largest absolute Gasteiger partial charge is 0.493 e. The van der Waals surface area contributed by atoms with Gasteiger partial charge >= 0.3 is 0 Å². The molecule has 0 bridgehead atoms. The lowest BCUT2D eigenvalue weighted by atomic mass is 10.2. The zero-order valence-corrected chi connectivity index (χ0v) is 14.1. The summed E-state index contributed by atoms with van der Waals surface area (Å²) in [5, 5.41) is 9.92. The molecular weight excluding hydrogens is 308 g/mol. The third kappa shape index (κ3) is 4.07. The number of aromatic nitrogens is 2. The Kier molecular flexibility index (Phi) is 5.83. The van der Waals surface area contributed by atoms with E-state index in [2.05, 4.69) is 22.1 Å². The highest BCUT2D eigenvalue weighted by molar-refractivity contribution is 5.98. The Bertz CT molecular complexity index is 710. The van der Waals surface area contributed by atoms with E-state index in [0.29, 0.717) is 36.0 Å². The first kappa shape index (κ1) is 17.4. The molecule has 0 spiro atoms. The molecule has 0 aliphatic heterocycles. The first-order valence-electron chi connectivity index (χ1n) is 7.46. The van der Waals surface area contributed by atoms with Crippen LogP contribution in [0, 0.1) is 0 Å². The number of anilines is 1. The van der Waals surface area contributed by atoms with Crippen molar-refractivity contribution >= 4 is 11.7 Å². The maximum atomic E-state index is 12.1. The van der Waals surface area contributed by atoms with Crippen LogP contribution in [0.2, 0.25) is 0 Å². The van der Waals surface area contributed by atoms with Gasteiger partial charge in [-0.05, 0) is 17.7 Å². The number of carbonyl (C=O) groups excluding carboxylic acids is 1. The van der Waals surface area contributed by atoms with Crippen LogP contribution in [0.25, 0.3) is 0 Å². The third-order valence-electron chi connectivity index (χ3n) is 3.33. The minimum absolute atomic E-state index is 0.114. The van der Waals surface area contributed by atoms with Gasteiger partial charge in [-0.1, -0.05) is 18.7 Å². The summed E-state index contributed by atoms with van der Waals surface area (Å²) < 4.78 is 10.9. The fourth-order valence-electron chi connectivity index (χ4n) is 2.10. The average molecular weight is 330 g/mol. The molecule has 0 aliphatic carbocycles. The van der Waals surface area contributed by atoms with Gasteiger partial charge in [-0.15, -0.1) is 0 Å². The van der Waals surface area contributed by atoms with E-state index in [1.165, 1.54) is 11.1 Å². The maximum Gasteiger partial charge on any atom is 0.258 e. The van der Waals surface area contributed by atoms with E-state index in [-0.39, 0.29) is 5.91 Å². The summed E-state index contributed by atoms with van der Waals surface area (Å²) in [6.45, 7) is 4.55. The second-order valence-electron chi connectivity index (χ2n) is 5.30. The van der Waals surface area contributed by atoms with Gasteiger partial charge in [0.15, 0.2) is 11.5 Å². The van der Waals surface area contributed by atoms with Gasteiger partial charge in [0, 0.05) is 20.6 Å². The number of nitrogens with zero attached hydrogens (tertiary/aromatic N) is 2. The molecule has 0 radical (unpaired) electrons. The van der Waals surface area contributed by atoms with Crippen LogP contribution in [-0.4, -0.2) is 48.8 Å². The number of carbonyl (C=O) groups is 1. The van der Waals surface area contributed by atoms with Gasteiger partial charge in [0.25, 0.3) is 5.91 Å². The van der Waals surface area contributed by atoms with Gasteiger partial charge in [0.2, 0.25) is 0 Å². The van der Waals surface area contributed by atoms with Crippen LogP contribution in [0.3, 0.4) is 0 Å². The number of hydrogen-bond donors (Lipinski definition) is 2. The number of ether oxygens (including phenoxy) is 2. The van der Waals surface area contributed by atoms with E-state index in [1.54, 1.807) is 27.3 Å². The molecule has 1 aromatic carbocycles. The summed E-state index contributed by atoms with van der Waals surface area (Å²) in [5.74, 6) is 1.77. The summed E-state index contributed by atoms with van der Waals surface area (Å²) in [6.07, 6.45) is 3.19. The number of aromatic amines is 1. The SMILES string of the molecule is C=CCOc1ccc(CNc2[nH]ncc2C(=O)N(C)C)cc1OC. The number of hydrogen-bond acceptors (Lipinski definition) is 5. The van der Waals surface area contributed by atoms with Gasteiger partial charge in [0.1, 0.15) is 18.0 Å². The Morgan fingerprint density at radius 3 is 2.88 bits per heavy atom. The molecule has 0 aliphatic rings. The van der Waals surface area contributed by atoms with Crippen LogP contribution in [0.5, 0.6) is 11.5 Å². The van der Waals surface area contributed by atoms with E-state index >= 15 is 0 Å². The maximum absolute atomic E-state index is 12.1. The fraction of sp³-hybridized carbons (Fsp3) is 0.294. The second-order valence-corrected chi connectivity index (χ2v) is 5.30. The standard InChI is InChI=1S/C17H22N4O3/c1-5-8-24-14-7-6-12(9-15(14)23-4)10-18-16-13(11-19-20-16)17(22)21(2)3/h5-7,9,11H,1,8,10H2,2-4H3,(H2,18,19,20). The predicted molar refractivity (Wildman–Crippen MR) is 92.6 cm³/mol. The van der Waals surface area contributed by atoms with Crippen molar-refractivity contribution in [3.8, 4) is 11.5 Å². The summed E-state index contributed by atoms with van der Waals surface area (Å²) in [4.78, 5) is 13.6. The quantitative estimate of drug-likeness (QED) is 0.726. The normalized spacial score (nSPS) is 10.1. The number of nitrogens with one attached hydrogen (secondary N) is 2. The van der Waals surface area contributed by atoms with Gasteiger partial charge < -0.3 is 19.7 Å². The van der Waals surface area contributed by atoms with Gasteiger partial charge in [-0.25, -0.2) is 0 Å². The summed E-state index contributed by atoms with van der Waals surface area (Å²) in [7, 11) is 4.99. The van der Waals surface area contributed by atoms with Crippen LogP contribution in [0.4, 0.5) is 5.82 Å². The predicted octanol–water partition coefficient (Wildman–Crippen LogP) is 2.30. The molecule has 0 fully saturated rings.